The zero-order valence-electron chi connectivity index (χ0n) is 12.2. The van der Waals surface area contributed by atoms with Crippen LogP contribution < -0.4 is 0 Å². The lowest BCUT2D eigenvalue weighted by molar-refractivity contribution is -0.144. The third-order valence-electron chi connectivity index (χ3n) is 4.11. The van der Waals surface area contributed by atoms with Gasteiger partial charge in [-0.05, 0) is 38.7 Å². The van der Waals surface area contributed by atoms with Crippen LogP contribution in [-0.2, 0) is 4.79 Å². The molecule has 2 atom stereocenters. The lowest BCUT2D eigenvalue weighted by Crippen LogP contribution is -2.50. The molecule has 2 rings (SSSR count). The predicted octanol–water partition coefficient (Wildman–Crippen LogP) is 2.61. The number of aryl methyl sites for hydroxylation is 2. The minimum atomic E-state index is -0.922. The maximum absolute atomic E-state index is 12.5. The number of piperidine rings is 1. The van der Waals surface area contributed by atoms with Crippen molar-refractivity contribution in [2.24, 2.45) is 5.92 Å². The summed E-state index contributed by atoms with van der Waals surface area (Å²) in [5, 5.41) is 9.37. The fraction of sp³-hybridized carbons (Fsp3) is 0.600. The van der Waals surface area contributed by atoms with Crippen LogP contribution in [0.25, 0.3) is 0 Å². The van der Waals surface area contributed by atoms with Crippen molar-refractivity contribution < 1.29 is 19.1 Å². The number of nitrogens with zero attached hydrogens (tertiary/aromatic N) is 1. The number of carboxylic acid groups (broad SMARTS) is 1. The van der Waals surface area contributed by atoms with Crippen molar-refractivity contribution in [3.8, 4) is 0 Å². The number of hydrogen-bond acceptors (Lipinski definition) is 3. The molecule has 0 aliphatic carbocycles. The summed E-state index contributed by atoms with van der Waals surface area (Å²) < 4.78 is 5.37. The van der Waals surface area contributed by atoms with Crippen molar-refractivity contribution in [3.05, 3.63) is 23.2 Å². The second-order valence-electron chi connectivity index (χ2n) is 5.48. The Labute approximate surface area is 118 Å². The highest BCUT2D eigenvalue weighted by atomic mass is 16.4. The first-order valence-corrected chi connectivity index (χ1v) is 7.04. The summed E-state index contributed by atoms with van der Waals surface area (Å²) in [6.07, 6.45) is 2.35. The van der Waals surface area contributed by atoms with Crippen LogP contribution in [0.4, 0.5) is 0 Å². The van der Waals surface area contributed by atoms with E-state index in [1.807, 2.05) is 0 Å². The Hall–Kier alpha value is -1.78. The predicted molar refractivity (Wildman–Crippen MR) is 73.7 cm³/mol. The third kappa shape index (κ3) is 2.71. The van der Waals surface area contributed by atoms with Gasteiger partial charge in [0.25, 0.3) is 5.91 Å². The number of carbonyl (C=O) groups is 2. The molecule has 1 aliphatic heterocycles. The first-order chi connectivity index (χ1) is 9.43. The Bertz CT molecular complexity index is 520. The van der Waals surface area contributed by atoms with Crippen molar-refractivity contribution in [1.82, 2.24) is 4.90 Å². The van der Waals surface area contributed by atoms with Crippen LogP contribution in [0.2, 0.25) is 0 Å². The molecule has 5 nitrogen and oxygen atoms in total. The molecular weight excluding hydrogens is 258 g/mol. The van der Waals surface area contributed by atoms with Gasteiger partial charge in [-0.15, -0.1) is 0 Å². The maximum Gasteiger partial charge on any atom is 0.326 e. The van der Waals surface area contributed by atoms with E-state index < -0.39 is 12.0 Å². The van der Waals surface area contributed by atoms with Crippen molar-refractivity contribution in [2.45, 2.75) is 46.1 Å². The van der Waals surface area contributed by atoms with E-state index in [1.54, 1.807) is 19.9 Å². The van der Waals surface area contributed by atoms with E-state index in [4.69, 9.17) is 4.42 Å². The summed E-state index contributed by atoms with van der Waals surface area (Å²) in [6.45, 7) is 6.07. The molecule has 110 valence electrons. The second kappa shape index (κ2) is 5.69. The Morgan fingerprint density at radius 1 is 1.45 bits per heavy atom. The van der Waals surface area contributed by atoms with Crippen LogP contribution in [-0.4, -0.2) is 34.5 Å². The van der Waals surface area contributed by atoms with E-state index in [1.165, 1.54) is 4.90 Å². The van der Waals surface area contributed by atoms with Crippen LogP contribution in [0.5, 0.6) is 0 Å². The van der Waals surface area contributed by atoms with E-state index >= 15 is 0 Å². The number of aliphatic carboxylic acids is 1. The van der Waals surface area contributed by atoms with Gasteiger partial charge in [-0.3, -0.25) is 4.79 Å². The second-order valence-corrected chi connectivity index (χ2v) is 5.48. The van der Waals surface area contributed by atoms with Gasteiger partial charge >= 0.3 is 5.97 Å². The molecule has 1 N–H and O–H groups in total. The molecule has 1 aromatic heterocycles. The molecule has 2 heterocycles. The third-order valence-corrected chi connectivity index (χ3v) is 4.11. The van der Waals surface area contributed by atoms with Crippen molar-refractivity contribution >= 4 is 11.9 Å². The number of furan rings is 1. The number of hydrogen-bond donors (Lipinski definition) is 1. The Balaban J connectivity index is 2.23. The summed E-state index contributed by atoms with van der Waals surface area (Å²) in [5.41, 5.74) is 0.476. The summed E-state index contributed by atoms with van der Waals surface area (Å²) in [5.74, 6) is 0.443. The zero-order valence-corrected chi connectivity index (χ0v) is 12.2. The number of rotatable bonds is 3. The normalized spacial score (nSPS) is 22.9. The molecule has 0 bridgehead atoms. The van der Waals surface area contributed by atoms with Gasteiger partial charge in [-0.2, -0.15) is 0 Å². The average Bonchev–Trinajstić information content (AvgIpc) is 2.76. The van der Waals surface area contributed by atoms with E-state index in [0.717, 1.165) is 12.8 Å². The zero-order chi connectivity index (χ0) is 14.9. The van der Waals surface area contributed by atoms with Crippen molar-refractivity contribution in [2.75, 3.05) is 6.54 Å². The Kier molecular flexibility index (Phi) is 4.16. The van der Waals surface area contributed by atoms with Gasteiger partial charge in [0.1, 0.15) is 17.6 Å². The molecule has 0 aromatic carbocycles. The number of likely N-dealkylation sites (tertiary alicyclic amines) is 1. The Morgan fingerprint density at radius 2 is 2.15 bits per heavy atom. The van der Waals surface area contributed by atoms with Gasteiger partial charge in [0.2, 0.25) is 0 Å². The van der Waals surface area contributed by atoms with Crippen LogP contribution in [0, 0.1) is 19.8 Å². The molecular formula is C15H21NO4. The van der Waals surface area contributed by atoms with Gasteiger partial charge in [0.05, 0.1) is 5.56 Å². The van der Waals surface area contributed by atoms with Crippen LogP contribution >= 0.6 is 0 Å². The van der Waals surface area contributed by atoms with E-state index in [-0.39, 0.29) is 5.91 Å². The van der Waals surface area contributed by atoms with Gasteiger partial charge in [0, 0.05) is 6.54 Å². The quantitative estimate of drug-likeness (QED) is 0.923. The summed E-state index contributed by atoms with van der Waals surface area (Å²) >= 11 is 0. The van der Waals surface area contributed by atoms with Gasteiger partial charge in [0.15, 0.2) is 0 Å². The fourth-order valence-electron chi connectivity index (χ4n) is 2.88. The molecule has 5 heteroatoms. The lowest BCUT2D eigenvalue weighted by Gasteiger charge is -2.36. The molecule has 0 saturated carbocycles. The number of carbonyl (C=O) groups excluding carboxylic acids is 1. The number of carboxylic acids is 1. The molecule has 1 amide bonds. The molecule has 2 unspecified atom stereocenters. The molecule has 1 aliphatic rings. The highest BCUT2D eigenvalue weighted by Crippen LogP contribution is 2.28. The van der Waals surface area contributed by atoms with Gasteiger partial charge < -0.3 is 14.4 Å². The monoisotopic (exact) mass is 279 g/mol. The lowest BCUT2D eigenvalue weighted by atomic mass is 9.88. The average molecular weight is 279 g/mol. The maximum atomic E-state index is 12.5. The topological polar surface area (TPSA) is 70.8 Å². The first kappa shape index (κ1) is 14.6. The summed E-state index contributed by atoms with van der Waals surface area (Å²) in [4.78, 5) is 25.5. The van der Waals surface area contributed by atoms with E-state index in [9.17, 15) is 14.7 Å². The molecule has 1 aromatic rings. The SMILES string of the molecule is CCC1CCN(C(=O)c2cc(C)oc2C)C(C(=O)O)C1. The molecule has 1 saturated heterocycles. The highest BCUT2D eigenvalue weighted by Gasteiger charge is 2.36. The molecule has 20 heavy (non-hydrogen) atoms. The van der Waals surface area contributed by atoms with Crippen molar-refractivity contribution in [1.29, 1.82) is 0 Å². The molecule has 0 radical (unpaired) electrons. The first-order valence-electron chi connectivity index (χ1n) is 7.04. The van der Waals surface area contributed by atoms with E-state index in [0.29, 0.717) is 36.0 Å². The Morgan fingerprint density at radius 3 is 2.65 bits per heavy atom. The van der Waals surface area contributed by atoms with Gasteiger partial charge in [-0.25, -0.2) is 4.79 Å². The highest BCUT2D eigenvalue weighted by molar-refractivity contribution is 5.97. The largest absolute Gasteiger partial charge is 0.480 e. The standard InChI is InChI=1S/C15H21NO4/c1-4-11-5-6-16(13(8-11)15(18)19)14(17)12-7-9(2)20-10(12)3/h7,11,13H,4-6,8H2,1-3H3,(H,18,19). The van der Waals surface area contributed by atoms with Crippen LogP contribution in [0.3, 0.4) is 0 Å². The fourth-order valence-corrected chi connectivity index (χ4v) is 2.88. The summed E-state index contributed by atoms with van der Waals surface area (Å²) in [6, 6.07) is 0.957. The van der Waals surface area contributed by atoms with E-state index in [2.05, 4.69) is 6.92 Å². The van der Waals surface area contributed by atoms with Crippen molar-refractivity contribution in [3.63, 3.8) is 0 Å². The minimum Gasteiger partial charge on any atom is -0.480 e. The number of amides is 1. The molecule has 0 spiro atoms. The minimum absolute atomic E-state index is 0.235. The summed E-state index contributed by atoms with van der Waals surface area (Å²) in [7, 11) is 0. The smallest absolute Gasteiger partial charge is 0.326 e. The van der Waals surface area contributed by atoms with Crippen LogP contribution in [0.15, 0.2) is 10.5 Å². The molecule has 1 fully saturated rings. The van der Waals surface area contributed by atoms with Gasteiger partial charge in [-0.1, -0.05) is 13.3 Å². The van der Waals surface area contributed by atoms with Crippen LogP contribution in [0.1, 0.15) is 48.1 Å².